The third-order valence-corrected chi connectivity index (χ3v) is 4.40. The minimum Gasteiger partial charge on any atom is -0.323 e. The predicted molar refractivity (Wildman–Crippen MR) is 75.7 cm³/mol. The van der Waals surface area contributed by atoms with Crippen LogP contribution in [0.1, 0.15) is 26.7 Å². The molecule has 0 heterocycles. The minimum absolute atomic E-state index is 0.0953. The highest BCUT2D eigenvalue weighted by molar-refractivity contribution is 7.90. The number of carbonyl (C=O) groups excluding carboxylic acids is 1. The first-order valence-electron chi connectivity index (χ1n) is 6.14. The van der Waals surface area contributed by atoms with Crippen LogP contribution in [0.2, 0.25) is 0 Å². The number of carbonyl (C=O) groups is 1. The van der Waals surface area contributed by atoms with Gasteiger partial charge in [-0.3, -0.25) is 4.79 Å². The zero-order valence-corrected chi connectivity index (χ0v) is 12.3. The van der Waals surface area contributed by atoms with Gasteiger partial charge in [-0.05, 0) is 25.0 Å². The van der Waals surface area contributed by atoms with Crippen molar-refractivity contribution in [1.82, 2.24) is 0 Å². The predicted octanol–water partition coefficient (Wildman–Crippen LogP) is 1.55. The van der Waals surface area contributed by atoms with Gasteiger partial charge in [0.2, 0.25) is 5.91 Å². The minimum atomic E-state index is -3.39. The number of amides is 1. The van der Waals surface area contributed by atoms with Crippen LogP contribution < -0.4 is 11.1 Å². The van der Waals surface area contributed by atoms with Crippen molar-refractivity contribution in [3.8, 4) is 0 Å². The molecular formula is C13H20N2O3S. The van der Waals surface area contributed by atoms with Crippen LogP contribution in [-0.2, 0) is 14.6 Å². The average Bonchev–Trinajstić information content (AvgIpc) is 2.37. The summed E-state index contributed by atoms with van der Waals surface area (Å²) in [5.41, 5.74) is 5.27. The monoisotopic (exact) mass is 284 g/mol. The third-order valence-electron chi connectivity index (χ3n) is 3.25. The average molecular weight is 284 g/mol. The van der Waals surface area contributed by atoms with Crippen molar-refractivity contribution in [3.63, 3.8) is 0 Å². The molecule has 0 unspecified atom stereocenters. The van der Waals surface area contributed by atoms with E-state index in [9.17, 15) is 13.2 Å². The van der Waals surface area contributed by atoms with Gasteiger partial charge < -0.3 is 11.1 Å². The molecule has 5 nitrogen and oxygen atoms in total. The van der Waals surface area contributed by atoms with Crippen molar-refractivity contribution in [1.29, 1.82) is 0 Å². The molecule has 6 heteroatoms. The molecule has 0 fully saturated rings. The molecule has 106 valence electrons. The summed E-state index contributed by atoms with van der Waals surface area (Å²) in [5.74, 6) is -0.367. The van der Waals surface area contributed by atoms with Gasteiger partial charge in [-0.1, -0.05) is 26.0 Å². The number of para-hydroxylation sites is 1. The number of benzene rings is 1. The maximum Gasteiger partial charge on any atom is 0.244 e. The highest BCUT2D eigenvalue weighted by Gasteiger charge is 2.30. The topological polar surface area (TPSA) is 89.3 Å². The zero-order valence-electron chi connectivity index (χ0n) is 11.4. The molecule has 0 saturated carbocycles. The quantitative estimate of drug-likeness (QED) is 0.858. The van der Waals surface area contributed by atoms with Crippen molar-refractivity contribution in [2.24, 2.45) is 5.73 Å². The summed E-state index contributed by atoms with van der Waals surface area (Å²) in [5, 5.41) is 2.62. The molecular weight excluding hydrogens is 264 g/mol. The Morgan fingerprint density at radius 2 is 1.79 bits per heavy atom. The van der Waals surface area contributed by atoms with Gasteiger partial charge in [0.25, 0.3) is 0 Å². The number of anilines is 1. The molecule has 1 aromatic carbocycles. The van der Waals surface area contributed by atoms with Crippen molar-refractivity contribution in [2.45, 2.75) is 37.1 Å². The number of sulfone groups is 1. The first-order valence-corrected chi connectivity index (χ1v) is 8.03. The summed E-state index contributed by atoms with van der Waals surface area (Å²) in [6, 6.07) is 6.29. The van der Waals surface area contributed by atoms with Gasteiger partial charge in [0.1, 0.15) is 0 Å². The second kappa shape index (κ2) is 5.71. The van der Waals surface area contributed by atoms with E-state index in [1.165, 1.54) is 6.07 Å². The first kappa shape index (κ1) is 15.7. The molecule has 1 rings (SSSR count). The number of hydrogen-bond acceptors (Lipinski definition) is 4. The van der Waals surface area contributed by atoms with E-state index in [0.29, 0.717) is 12.8 Å². The van der Waals surface area contributed by atoms with Crippen molar-refractivity contribution in [2.75, 3.05) is 11.6 Å². The van der Waals surface area contributed by atoms with E-state index in [1.54, 1.807) is 18.2 Å². The maximum absolute atomic E-state index is 12.1. The fourth-order valence-corrected chi connectivity index (χ4v) is 2.56. The Hall–Kier alpha value is -1.40. The number of nitrogens with one attached hydrogen (secondary N) is 1. The van der Waals surface area contributed by atoms with Crippen LogP contribution in [0, 0.1) is 0 Å². The molecule has 0 radical (unpaired) electrons. The maximum atomic E-state index is 12.1. The van der Waals surface area contributed by atoms with Crippen LogP contribution in [0.15, 0.2) is 29.2 Å². The van der Waals surface area contributed by atoms with E-state index in [0.717, 1.165) is 6.26 Å². The van der Waals surface area contributed by atoms with Crippen molar-refractivity contribution < 1.29 is 13.2 Å². The van der Waals surface area contributed by atoms with Gasteiger partial charge in [-0.25, -0.2) is 8.42 Å². The van der Waals surface area contributed by atoms with Gasteiger partial charge in [-0.2, -0.15) is 0 Å². The number of rotatable bonds is 5. The van der Waals surface area contributed by atoms with Crippen LogP contribution in [0.4, 0.5) is 5.69 Å². The molecule has 1 aromatic rings. The van der Waals surface area contributed by atoms with Gasteiger partial charge in [-0.15, -0.1) is 0 Å². The third kappa shape index (κ3) is 3.54. The van der Waals surface area contributed by atoms with Gasteiger partial charge in [0.15, 0.2) is 9.84 Å². The SMILES string of the molecule is CCC(N)(CC)C(=O)Nc1ccccc1S(C)(=O)=O. The lowest BCUT2D eigenvalue weighted by atomic mass is 9.93. The molecule has 3 N–H and O–H groups in total. The molecule has 0 aliphatic rings. The summed E-state index contributed by atoms with van der Waals surface area (Å²) < 4.78 is 23.3. The van der Waals surface area contributed by atoms with E-state index in [-0.39, 0.29) is 16.5 Å². The Labute approximate surface area is 114 Å². The van der Waals surface area contributed by atoms with E-state index in [2.05, 4.69) is 5.32 Å². The first-order chi connectivity index (χ1) is 8.74. The van der Waals surface area contributed by atoms with E-state index < -0.39 is 15.4 Å². The van der Waals surface area contributed by atoms with Crippen LogP contribution >= 0.6 is 0 Å². The van der Waals surface area contributed by atoms with Crippen molar-refractivity contribution in [3.05, 3.63) is 24.3 Å². The van der Waals surface area contributed by atoms with Gasteiger partial charge >= 0.3 is 0 Å². The molecule has 0 saturated heterocycles. The largest absolute Gasteiger partial charge is 0.323 e. The van der Waals surface area contributed by atoms with Crippen molar-refractivity contribution >= 4 is 21.4 Å². The molecule has 1 amide bonds. The Balaban J connectivity index is 3.11. The standard InChI is InChI=1S/C13H20N2O3S/c1-4-13(14,5-2)12(16)15-10-8-6-7-9-11(10)19(3,17)18/h6-9H,4-5,14H2,1-3H3,(H,15,16). The zero-order chi connectivity index (χ0) is 14.7. The van der Waals surface area contributed by atoms with Gasteiger partial charge in [0.05, 0.1) is 16.1 Å². The van der Waals surface area contributed by atoms with Crippen LogP contribution in [-0.4, -0.2) is 26.1 Å². The fraction of sp³-hybridized carbons (Fsp3) is 0.462. The smallest absolute Gasteiger partial charge is 0.244 e. The Bertz CT molecular complexity index is 563. The molecule has 0 atom stereocenters. The number of hydrogen-bond donors (Lipinski definition) is 2. The summed E-state index contributed by atoms with van der Waals surface area (Å²) >= 11 is 0. The number of nitrogens with two attached hydrogens (primary N) is 1. The van der Waals surface area contributed by atoms with Crippen LogP contribution in [0.25, 0.3) is 0 Å². The second-order valence-electron chi connectivity index (χ2n) is 4.59. The normalized spacial score (nSPS) is 12.2. The molecule has 0 aromatic heterocycles. The lowest BCUT2D eigenvalue weighted by Crippen LogP contribution is -2.50. The molecule has 19 heavy (non-hydrogen) atoms. The molecule has 0 aliphatic carbocycles. The lowest BCUT2D eigenvalue weighted by Gasteiger charge is -2.25. The summed E-state index contributed by atoms with van der Waals surface area (Å²) in [6.07, 6.45) is 2.07. The van der Waals surface area contributed by atoms with Gasteiger partial charge in [0, 0.05) is 6.26 Å². The molecule has 0 aliphatic heterocycles. The lowest BCUT2D eigenvalue weighted by molar-refractivity contribution is -0.121. The fourth-order valence-electron chi connectivity index (χ4n) is 1.71. The molecule has 0 bridgehead atoms. The van der Waals surface area contributed by atoms with Crippen LogP contribution in [0.5, 0.6) is 0 Å². The Morgan fingerprint density at radius 3 is 2.26 bits per heavy atom. The van der Waals surface area contributed by atoms with E-state index in [4.69, 9.17) is 5.73 Å². The Kier molecular flexibility index (Phi) is 4.70. The van der Waals surface area contributed by atoms with Crippen LogP contribution in [0.3, 0.4) is 0 Å². The highest BCUT2D eigenvalue weighted by Crippen LogP contribution is 2.22. The summed E-state index contributed by atoms with van der Waals surface area (Å²) in [6.45, 7) is 3.65. The second-order valence-corrected chi connectivity index (χ2v) is 6.57. The highest BCUT2D eigenvalue weighted by atomic mass is 32.2. The summed E-state index contributed by atoms with van der Waals surface area (Å²) in [7, 11) is -3.39. The Morgan fingerprint density at radius 1 is 1.26 bits per heavy atom. The summed E-state index contributed by atoms with van der Waals surface area (Å²) in [4.78, 5) is 12.2. The molecule has 0 spiro atoms. The van der Waals surface area contributed by atoms with E-state index in [1.807, 2.05) is 13.8 Å². The van der Waals surface area contributed by atoms with E-state index >= 15 is 0 Å².